The van der Waals surface area contributed by atoms with Crippen molar-refractivity contribution in [3.8, 4) is 0 Å². The van der Waals surface area contributed by atoms with E-state index in [2.05, 4.69) is 30.2 Å². The van der Waals surface area contributed by atoms with Gasteiger partial charge >= 0.3 is 12.1 Å². The standard InChI is InChI=1S/C18H27N9O4/c19-17(20)21-9-12(16(28)29)25-18(30)31-8-3-1-2-5-27-11-24-13-14(26-6-4-7-26)22-10-23-15(13)27/h10-12H,1-9H2,(H,25,30)(H,28,29)(H4,19,20,21). The van der Waals surface area contributed by atoms with E-state index in [0.29, 0.717) is 6.42 Å². The van der Waals surface area contributed by atoms with Gasteiger partial charge in [0.25, 0.3) is 0 Å². The third-order valence-corrected chi connectivity index (χ3v) is 4.86. The number of carboxylic acids is 1. The molecule has 2 aromatic heterocycles. The Kier molecular flexibility index (Phi) is 7.40. The summed E-state index contributed by atoms with van der Waals surface area (Å²) in [6.45, 7) is 2.63. The SMILES string of the molecule is NC(N)=NCC(NC(=O)OCCCCCn1cnc2c(N3CCC3)ncnc21)C(=O)O. The van der Waals surface area contributed by atoms with E-state index in [1.807, 2.05) is 4.57 Å². The molecular formula is C18H27N9O4. The summed E-state index contributed by atoms with van der Waals surface area (Å²) in [6, 6.07) is -1.26. The van der Waals surface area contributed by atoms with Crippen molar-refractivity contribution in [2.45, 2.75) is 38.3 Å². The number of ether oxygens (including phenoxy) is 1. The molecule has 0 bridgehead atoms. The summed E-state index contributed by atoms with van der Waals surface area (Å²) in [5, 5.41) is 11.3. The van der Waals surface area contributed by atoms with Crippen molar-refractivity contribution in [3.63, 3.8) is 0 Å². The predicted octanol–water partition coefficient (Wildman–Crippen LogP) is -0.340. The van der Waals surface area contributed by atoms with Crippen molar-refractivity contribution in [1.82, 2.24) is 24.8 Å². The monoisotopic (exact) mass is 433 g/mol. The fourth-order valence-corrected chi connectivity index (χ4v) is 3.08. The van der Waals surface area contributed by atoms with E-state index in [9.17, 15) is 9.59 Å². The molecule has 1 atom stereocenters. The molecule has 1 unspecified atom stereocenters. The minimum Gasteiger partial charge on any atom is -0.480 e. The van der Waals surface area contributed by atoms with Gasteiger partial charge in [0, 0.05) is 19.6 Å². The molecule has 1 fully saturated rings. The van der Waals surface area contributed by atoms with Crippen LogP contribution in [-0.4, -0.2) is 74.9 Å². The van der Waals surface area contributed by atoms with Crippen molar-refractivity contribution in [3.05, 3.63) is 12.7 Å². The molecule has 1 saturated heterocycles. The lowest BCUT2D eigenvalue weighted by Gasteiger charge is -2.31. The zero-order chi connectivity index (χ0) is 22.2. The van der Waals surface area contributed by atoms with Crippen LogP contribution in [0.3, 0.4) is 0 Å². The van der Waals surface area contributed by atoms with E-state index in [-0.39, 0.29) is 19.1 Å². The molecule has 3 rings (SSSR count). The Bertz CT molecular complexity index is 937. The number of guanidine groups is 1. The lowest BCUT2D eigenvalue weighted by atomic mass is 10.2. The summed E-state index contributed by atoms with van der Waals surface area (Å²) >= 11 is 0. The molecule has 0 aromatic carbocycles. The molecule has 0 spiro atoms. The summed E-state index contributed by atoms with van der Waals surface area (Å²) in [7, 11) is 0. The van der Waals surface area contributed by atoms with E-state index < -0.39 is 18.1 Å². The second-order valence-corrected chi connectivity index (χ2v) is 7.15. The Morgan fingerprint density at radius 2 is 2.03 bits per heavy atom. The van der Waals surface area contributed by atoms with Gasteiger partial charge in [0.2, 0.25) is 0 Å². The number of unbranched alkanes of at least 4 members (excludes halogenated alkanes) is 2. The number of fused-ring (bicyclic) bond motifs is 1. The van der Waals surface area contributed by atoms with Gasteiger partial charge in [-0.05, 0) is 25.7 Å². The van der Waals surface area contributed by atoms with Crippen LogP contribution in [0.4, 0.5) is 10.6 Å². The number of carbonyl (C=O) groups is 2. The van der Waals surface area contributed by atoms with E-state index in [1.165, 1.54) is 6.42 Å². The third kappa shape index (κ3) is 5.93. The fraction of sp³-hybridized carbons (Fsp3) is 0.556. The second kappa shape index (κ2) is 10.4. The van der Waals surface area contributed by atoms with Crippen LogP contribution in [0.5, 0.6) is 0 Å². The van der Waals surface area contributed by atoms with Crippen LogP contribution in [0.2, 0.25) is 0 Å². The van der Waals surface area contributed by atoms with Crippen LogP contribution in [0, 0.1) is 0 Å². The topological polar surface area (TPSA) is 187 Å². The lowest BCUT2D eigenvalue weighted by Crippen LogP contribution is -2.44. The maximum Gasteiger partial charge on any atom is 0.407 e. The highest BCUT2D eigenvalue weighted by molar-refractivity contribution is 5.83. The number of aliphatic carboxylic acids is 1. The first-order chi connectivity index (χ1) is 15.0. The number of hydrogen-bond acceptors (Lipinski definition) is 8. The zero-order valence-electron chi connectivity index (χ0n) is 17.1. The molecule has 0 radical (unpaired) electrons. The first-order valence-electron chi connectivity index (χ1n) is 10.1. The molecule has 168 valence electrons. The van der Waals surface area contributed by atoms with Gasteiger partial charge in [-0.15, -0.1) is 0 Å². The number of aliphatic imine (C=N–C) groups is 1. The number of alkyl carbamates (subject to hydrolysis) is 1. The molecule has 0 aliphatic carbocycles. The van der Waals surface area contributed by atoms with Crippen molar-refractivity contribution in [2.24, 2.45) is 16.5 Å². The molecule has 31 heavy (non-hydrogen) atoms. The van der Waals surface area contributed by atoms with Crippen LogP contribution in [-0.2, 0) is 16.1 Å². The van der Waals surface area contributed by atoms with Crippen LogP contribution in [0.1, 0.15) is 25.7 Å². The zero-order valence-corrected chi connectivity index (χ0v) is 17.1. The van der Waals surface area contributed by atoms with Gasteiger partial charge in [0.15, 0.2) is 22.9 Å². The number of imidazole rings is 1. The first kappa shape index (κ1) is 22.1. The van der Waals surface area contributed by atoms with Crippen molar-refractivity contribution >= 4 is 35.0 Å². The average Bonchev–Trinajstić information content (AvgIpc) is 3.10. The summed E-state index contributed by atoms with van der Waals surface area (Å²) in [5.74, 6) is -0.625. The molecule has 6 N–H and O–H groups in total. The fourth-order valence-electron chi connectivity index (χ4n) is 3.08. The summed E-state index contributed by atoms with van der Waals surface area (Å²) in [5.41, 5.74) is 12.0. The van der Waals surface area contributed by atoms with E-state index in [4.69, 9.17) is 21.3 Å². The molecule has 0 saturated carbocycles. The molecule has 13 heteroatoms. The minimum absolute atomic E-state index is 0.173. The summed E-state index contributed by atoms with van der Waals surface area (Å²) < 4.78 is 7.02. The van der Waals surface area contributed by atoms with E-state index in [1.54, 1.807) is 12.7 Å². The van der Waals surface area contributed by atoms with Gasteiger partial charge in [-0.25, -0.2) is 24.5 Å². The number of carboxylic acid groups (broad SMARTS) is 1. The number of amides is 1. The molecule has 2 aromatic rings. The molecule has 1 amide bonds. The smallest absolute Gasteiger partial charge is 0.407 e. The van der Waals surface area contributed by atoms with Crippen molar-refractivity contribution < 1.29 is 19.4 Å². The first-order valence-corrected chi connectivity index (χ1v) is 10.1. The molecular weight excluding hydrogens is 406 g/mol. The number of carbonyl (C=O) groups excluding carboxylic acids is 1. The Balaban J connectivity index is 1.37. The van der Waals surface area contributed by atoms with Crippen molar-refractivity contribution in [2.75, 3.05) is 31.1 Å². The Morgan fingerprint density at radius 3 is 2.71 bits per heavy atom. The second-order valence-electron chi connectivity index (χ2n) is 7.15. The van der Waals surface area contributed by atoms with Crippen LogP contribution < -0.4 is 21.7 Å². The average molecular weight is 433 g/mol. The Labute approximate surface area is 178 Å². The Morgan fingerprint density at radius 1 is 1.23 bits per heavy atom. The van der Waals surface area contributed by atoms with Gasteiger partial charge in [0.05, 0.1) is 19.5 Å². The number of nitrogens with zero attached hydrogens (tertiary/aromatic N) is 6. The normalized spacial score (nSPS) is 14.0. The third-order valence-electron chi connectivity index (χ3n) is 4.86. The number of rotatable bonds is 11. The Hall–Kier alpha value is -3.64. The molecule has 13 nitrogen and oxygen atoms in total. The number of aromatic nitrogens is 4. The van der Waals surface area contributed by atoms with Gasteiger partial charge in [-0.2, -0.15) is 0 Å². The highest BCUT2D eigenvalue weighted by Crippen LogP contribution is 2.25. The van der Waals surface area contributed by atoms with Gasteiger partial charge in [-0.1, -0.05) is 0 Å². The number of hydrogen-bond donors (Lipinski definition) is 4. The molecule has 3 heterocycles. The van der Waals surface area contributed by atoms with Gasteiger partial charge in [-0.3, -0.25) is 4.99 Å². The highest BCUT2D eigenvalue weighted by Gasteiger charge is 2.21. The maximum atomic E-state index is 11.7. The van der Waals surface area contributed by atoms with Crippen LogP contribution >= 0.6 is 0 Å². The summed E-state index contributed by atoms with van der Waals surface area (Å²) in [4.78, 5) is 41.8. The quantitative estimate of drug-likeness (QED) is 0.207. The molecule has 1 aliphatic heterocycles. The van der Waals surface area contributed by atoms with Crippen LogP contribution in [0.15, 0.2) is 17.6 Å². The van der Waals surface area contributed by atoms with Crippen molar-refractivity contribution in [1.29, 1.82) is 0 Å². The number of anilines is 1. The lowest BCUT2D eigenvalue weighted by molar-refractivity contribution is -0.139. The minimum atomic E-state index is -1.26. The van der Waals surface area contributed by atoms with E-state index >= 15 is 0 Å². The largest absolute Gasteiger partial charge is 0.480 e. The van der Waals surface area contributed by atoms with Crippen LogP contribution in [0.25, 0.3) is 11.2 Å². The number of nitrogens with one attached hydrogen (secondary N) is 1. The van der Waals surface area contributed by atoms with E-state index in [0.717, 1.165) is 49.5 Å². The number of aryl methyl sites for hydroxylation is 1. The maximum absolute atomic E-state index is 11.7. The number of nitrogens with two attached hydrogens (primary N) is 2. The highest BCUT2D eigenvalue weighted by atomic mass is 16.5. The molecule has 1 aliphatic rings. The summed E-state index contributed by atoms with van der Waals surface area (Å²) in [6.07, 6.45) is 5.98. The predicted molar refractivity (Wildman–Crippen MR) is 113 cm³/mol. The van der Waals surface area contributed by atoms with Gasteiger partial charge < -0.3 is 36.1 Å². The van der Waals surface area contributed by atoms with Gasteiger partial charge in [0.1, 0.15) is 12.4 Å².